The average molecular weight is 366 g/mol. The second-order valence-corrected chi connectivity index (χ2v) is 6.27. The van der Waals surface area contributed by atoms with Gasteiger partial charge in [-0.3, -0.25) is 9.59 Å². The van der Waals surface area contributed by atoms with Crippen molar-refractivity contribution in [2.24, 2.45) is 0 Å². The molecule has 2 rings (SSSR count). The highest BCUT2D eigenvalue weighted by Crippen LogP contribution is 2.10. The van der Waals surface area contributed by atoms with Gasteiger partial charge in [0.05, 0.1) is 26.2 Å². The standard InChI is InChI=1S/C22H27N3O2/c1-3-25(4-2)17-16-23-22(27)19-11-13-20(14-12-19)24-21(26)15-10-18-8-6-5-7-9-18/h5-15H,3-4,16-17H2,1-2H3,(H,23,27)(H,24,26)/p+1/b15-10+. The maximum atomic E-state index is 12.2. The highest BCUT2D eigenvalue weighted by atomic mass is 16.2. The van der Waals surface area contributed by atoms with E-state index in [4.69, 9.17) is 0 Å². The van der Waals surface area contributed by atoms with Crippen molar-refractivity contribution < 1.29 is 14.5 Å². The van der Waals surface area contributed by atoms with Gasteiger partial charge in [-0.15, -0.1) is 0 Å². The second-order valence-electron chi connectivity index (χ2n) is 6.27. The first-order valence-electron chi connectivity index (χ1n) is 9.38. The molecule has 0 atom stereocenters. The summed E-state index contributed by atoms with van der Waals surface area (Å²) >= 11 is 0. The third-order valence-electron chi connectivity index (χ3n) is 4.41. The third-order valence-corrected chi connectivity index (χ3v) is 4.41. The Bertz CT molecular complexity index is 751. The van der Waals surface area contributed by atoms with E-state index in [1.807, 2.05) is 30.3 Å². The second kappa shape index (κ2) is 10.9. The van der Waals surface area contributed by atoms with Crippen LogP contribution < -0.4 is 15.5 Å². The molecule has 0 saturated heterocycles. The highest BCUT2D eigenvalue weighted by Gasteiger charge is 2.07. The van der Waals surface area contributed by atoms with Crippen molar-refractivity contribution in [1.82, 2.24) is 5.32 Å². The van der Waals surface area contributed by atoms with Crippen LogP contribution in [0.1, 0.15) is 29.8 Å². The van der Waals surface area contributed by atoms with Gasteiger partial charge in [-0.25, -0.2) is 0 Å². The molecule has 3 N–H and O–H groups in total. The van der Waals surface area contributed by atoms with E-state index in [9.17, 15) is 9.59 Å². The highest BCUT2D eigenvalue weighted by molar-refractivity contribution is 6.02. The van der Waals surface area contributed by atoms with Crippen LogP contribution >= 0.6 is 0 Å². The summed E-state index contributed by atoms with van der Waals surface area (Å²) in [5.41, 5.74) is 2.20. The van der Waals surface area contributed by atoms with Crippen LogP contribution in [0, 0.1) is 0 Å². The molecule has 0 saturated carbocycles. The number of benzene rings is 2. The molecule has 142 valence electrons. The van der Waals surface area contributed by atoms with Crippen LogP contribution in [0.25, 0.3) is 6.08 Å². The number of rotatable bonds is 9. The normalized spacial score (nSPS) is 10.9. The smallest absolute Gasteiger partial charge is 0.251 e. The summed E-state index contributed by atoms with van der Waals surface area (Å²) in [5, 5.41) is 5.73. The fourth-order valence-electron chi connectivity index (χ4n) is 2.68. The van der Waals surface area contributed by atoms with Crippen LogP contribution in [0.3, 0.4) is 0 Å². The number of likely N-dealkylation sites (N-methyl/N-ethyl adjacent to an activating group) is 1. The van der Waals surface area contributed by atoms with E-state index in [-0.39, 0.29) is 11.8 Å². The van der Waals surface area contributed by atoms with Gasteiger partial charge < -0.3 is 15.5 Å². The van der Waals surface area contributed by atoms with Gasteiger partial charge in [-0.1, -0.05) is 30.3 Å². The Balaban J connectivity index is 1.82. The molecular formula is C22H28N3O2+. The molecule has 0 aromatic heterocycles. The fourth-order valence-corrected chi connectivity index (χ4v) is 2.68. The summed E-state index contributed by atoms with van der Waals surface area (Å²) in [7, 11) is 0. The summed E-state index contributed by atoms with van der Waals surface area (Å²) in [4.78, 5) is 25.6. The maximum absolute atomic E-state index is 12.2. The molecule has 0 aliphatic heterocycles. The van der Waals surface area contributed by atoms with E-state index in [2.05, 4.69) is 24.5 Å². The van der Waals surface area contributed by atoms with Crippen LogP contribution in [0.2, 0.25) is 0 Å². The summed E-state index contributed by atoms with van der Waals surface area (Å²) in [6, 6.07) is 16.5. The minimum absolute atomic E-state index is 0.0941. The van der Waals surface area contributed by atoms with Crippen molar-refractivity contribution in [1.29, 1.82) is 0 Å². The van der Waals surface area contributed by atoms with Gasteiger partial charge in [0.1, 0.15) is 0 Å². The number of carbonyl (C=O) groups is 2. The summed E-state index contributed by atoms with van der Waals surface area (Å²) < 4.78 is 0. The monoisotopic (exact) mass is 366 g/mol. The molecule has 0 bridgehead atoms. The molecular weight excluding hydrogens is 338 g/mol. The predicted molar refractivity (Wildman–Crippen MR) is 110 cm³/mol. The molecule has 0 aliphatic carbocycles. The zero-order valence-corrected chi connectivity index (χ0v) is 16.0. The van der Waals surface area contributed by atoms with E-state index in [0.29, 0.717) is 17.8 Å². The van der Waals surface area contributed by atoms with E-state index in [1.165, 1.54) is 11.0 Å². The average Bonchev–Trinajstić information content (AvgIpc) is 2.71. The van der Waals surface area contributed by atoms with Crippen molar-refractivity contribution >= 4 is 23.6 Å². The molecule has 0 radical (unpaired) electrons. The van der Waals surface area contributed by atoms with E-state index in [0.717, 1.165) is 25.2 Å². The molecule has 0 aliphatic rings. The third kappa shape index (κ3) is 7.07. The number of hydrogen-bond donors (Lipinski definition) is 3. The SMILES string of the molecule is CC[NH+](CC)CCNC(=O)c1ccc(NC(=O)/C=C/c2ccccc2)cc1. The Morgan fingerprint density at radius 2 is 1.63 bits per heavy atom. The van der Waals surface area contributed by atoms with Crippen molar-refractivity contribution in [2.75, 3.05) is 31.5 Å². The van der Waals surface area contributed by atoms with Gasteiger partial charge in [0.25, 0.3) is 5.91 Å². The lowest BCUT2D eigenvalue weighted by Crippen LogP contribution is -3.12. The van der Waals surface area contributed by atoms with Crippen LogP contribution in [0.4, 0.5) is 5.69 Å². The van der Waals surface area contributed by atoms with Crippen molar-refractivity contribution in [2.45, 2.75) is 13.8 Å². The van der Waals surface area contributed by atoms with Gasteiger partial charge in [-0.2, -0.15) is 0 Å². The Morgan fingerprint density at radius 1 is 0.963 bits per heavy atom. The molecule has 5 nitrogen and oxygen atoms in total. The van der Waals surface area contributed by atoms with Crippen LogP contribution in [0.15, 0.2) is 60.7 Å². The van der Waals surface area contributed by atoms with E-state index < -0.39 is 0 Å². The van der Waals surface area contributed by atoms with Crippen molar-refractivity contribution in [3.05, 3.63) is 71.8 Å². The number of hydrogen-bond acceptors (Lipinski definition) is 2. The van der Waals surface area contributed by atoms with E-state index in [1.54, 1.807) is 30.3 Å². The minimum atomic E-state index is -0.210. The maximum Gasteiger partial charge on any atom is 0.251 e. The van der Waals surface area contributed by atoms with Crippen LogP contribution in [0.5, 0.6) is 0 Å². The molecule has 2 aromatic rings. The molecule has 27 heavy (non-hydrogen) atoms. The van der Waals surface area contributed by atoms with Gasteiger partial charge >= 0.3 is 0 Å². The van der Waals surface area contributed by atoms with Gasteiger partial charge in [0.15, 0.2) is 0 Å². The van der Waals surface area contributed by atoms with Crippen LogP contribution in [-0.2, 0) is 4.79 Å². The Labute approximate surface area is 161 Å². The Kier molecular flexibility index (Phi) is 8.26. The number of amides is 2. The van der Waals surface area contributed by atoms with E-state index >= 15 is 0 Å². The molecule has 0 unspecified atom stereocenters. The molecule has 5 heteroatoms. The first-order valence-corrected chi connectivity index (χ1v) is 9.38. The summed E-state index contributed by atoms with van der Waals surface area (Å²) in [6.07, 6.45) is 3.25. The zero-order chi connectivity index (χ0) is 19.5. The molecule has 0 heterocycles. The number of anilines is 1. The largest absolute Gasteiger partial charge is 0.346 e. The molecule has 2 aromatic carbocycles. The lowest BCUT2D eigenvalue weighted by atomic mass is 10.2. The molecule has 0 fully saturated rings. The first-order chi connectivity index (χ1) is 13.1. The molecule has 0 spiro atoms. The minimum Gasteiger partial charge on any atom is -0.346 e. The number of carbonyl (C=O) groups excluding carboxylic acids is 2. The topological polar surface area (TPSA) is 62.6 Å². The first kappa shape index (κ1) is 20.4. The summed E-state index contributed by atoms with van der Waals surface area (Å²) in [6.45, 7) is 7.96. The quantitative estimate of drug-likeness (QED) is 0.595. The summed E-state index contributed by atoms with van der Waals surface area (Å²) in [5.74, 6) is -0.304. The predicted octanol–water partition coefficient (Wildman–Crippen LogP) is 1.99. The number of nitrogens with one attached hydrogen (secondary N) is 3. The van der Waals surface area contributed by atoms with Crippen LogP contribution in [-0.4, -0.2) is 38.0 Å². The van der Waals surface area contributed by atoms with Crippen molar-refractivity contribution in [3.8, 4) is 0 Å². The van der Waals surface area contributed by atoms with Gasteiger partial charge in [-0.05, 0) is 49.8 Å². The van der Waals surface area contributed by atoms with Gasteiger partial charge in [0, 0.05) is 17.3 Å². The van der Waals surface area contributed by atoms with Gasteiger partial charge in [0.2, 0.25) is 5.91 Å². The van der Waals surface area contributed by atoms with Crippen molar-refractivity contribution in [3.63, 3.8) is 0 Å². The lowest BCUT2D eigenvalue weighted by molar-refractivity contribution is -0.895. The fraction of sp³-hybridized carbons (Fsp3) is 0.273. The zero-order valence-electron chi connectivity index (χ0n) is 16.0. The Morgan fingerprint density at radius 3 is 2.26 bits per heavy atom. The number of quaternary nitrogens is 1. The lowest BCUT2D eigenvalue weighted by Gasteiger charge is -2.15. The Hall–Kier alpha value is -2.92. The molecule has 2 amide bonds.